The Morgan fingerprint density at radius 3 is 2.75 bits per heavy atom. The van der Waals surface area contributed by atoms with Crippen molar-refractivity contribution < 1.29 is 9.15 Å². The van der Waals surface area contributed by atoms with Crippen molar-refractivity contribution in [2.45, 2.75) is 45.3 Å². The zero-order valence-electron chi connectivity index (χ0n) is 10.7. The third-order valence-corrected chi connectivity index (χ3v) is 2.85. The van der Waals surface area contributed by atoms with Gasteiger partial charge in [0, 0.05) is 13.2 Å². The summed E-state index contributed by atoms with van der Waals surface area (Å²) < 4.78 is 10.6. The summed E-state index contributed by atoms with van der Waals surface area (Å²) in [6, 6.07) is 2.45. The van der Waals surface area contributed by atoms with Gasteiger partial charge in [0.25, 0.3) is 0 Å². The van der Waals surface area contributed by atoms with Gasteiger partial charge < -0.3 is 14.5 Å². The number of methoxy groups -OCH3 is 1. The van der Waals surface area contributed by atoms with Crippen LogP contribution >= 0.6 is 0 Å². The molecule has 0 aliphatic carbocycles. The predicted octanol–water partition coefficient (Wildman–Crippen LogP) is 2.62. The molecule has 0 fully saturated rings. The lowest BCUT2D eigenvalue weighted by Gasteiger charge is -2.28. The summed E-state index contributed by atoms with van der Waals surface area (Å²) in [5.74, 6) is 0. The fourth-order valence-corrected chi connectivity index (χ4v) is 1.88. The molecule has 92 valence electrons. The van der Waals surface area contributed by atoms with E-state index >= 15 is 0 Å². The minimum Gasteiger partial charge on any atom is -0.472 e. The highest BCUT2D eigenvalue weighted by Gasteiger charge is 2.22. The van der Waals surface area contributed by atoms with Crippen LogP contribution in [0.15, 0.2) is 23.0 Å². The maximum atomic E-state index is 5.47. The molecule has 0 amide bonds. The summed E-state index contributed by atoms with van der Waals surface area (Å²) in [6.07, 6.45) is 5.50. The molecule has 0 aromatic carbocycles. The number of hydrogen-bond acceptors (Lipinski definition) is 3. The first-order valence-electron chi connectivity index (χ1n) is 5.87. The number of likely N-dealkylation sites (N-methyl/N-ethyl adjacent to an activating group) is 1. The Labute approximate surface area is 98.2 Å². The second-order valence-corrected chi connectivity index (χ2v) is 4.76. The SMILES string of the molecule is CCNC(Cc1ccoc1)CC(C)(C)OC. The van der Waals surface area contributed by atoms with Crippen LogP contribution < -0.4 is 5.32 Å². The van der Waals surface area contributed by atoms with Crippen molar-refractivity contribution in [2.75, 3.05) is 13.7 Å². The van der Waals surface area contributed by atoms with Crippen molar-refractivity contribution in [2.24, 2.45) is 0 Å². The van der Waals surface area contributed by atoms with Crippen LogP contribution in [0, 0.1) is 0 Å². The third kappa shape index (κ3) is 4.37. The molecule has 1 aromatic heterocycles. The zero-order chi connectivity index (χ0) is 12.0. The highest BCUT2D eigenvalue weighted by Crippen LogP contribution is 2.18. The molecule has 0 aliphatic rings. The minimum absolute atomic E-state index is 0.0867. The normalized spacial score (nSPS) is 14.0. The highest BCUT2D eigenvalue weighted by atomic mass is 16.5. The Hall–Kier alpha value is -0.800. The molecule has 0 saturated heterocycles. The first-order chi connectivity index (χ1) is 7.57. The van der Waals surface area contributed by atoms with E-state index < -0.39 is 0 Å². The van der Waals surface area contributed by atoms with E-state index in [0.717, 1.165) is 19.4 Å². The standard InChI is InChI=1S/C13H23NO2/c1-5-14-12(9-13(2,3)15-4)8-11-6-7-16-10-11/h6-7,10,12,14H,5,8-9H2,1-4H3. The van der Waals surface area contributed by atoms with E-state index in [1.807, 2.05) is 12.3 Å². The summed E-state index contributed by atoms with van der Waals surface area (Å²) in [7, 11) is 1.76. The van der Waals surface area contributed by atoms with Gasteiger partial charge in [0.1, 0.15) is 0 Å². The molecule has 3 nitrogen and oxygen atoms in total. The molecular weight excluding hydrogens is 202 g/mol. The van der Waals surface area contributed by atoms with Crippen LogP contribution in [0.5, 0.6) is 0 Å². The van der Waals surface area contributed by atoms with Gasteiger partial charge in [-0.1, -0.05) is 6.92 Å². The first kappa shape index (κ1) is 13.3. The van der Waals surface area contributed by atoms with Gasteiger partial charge in [0.05, 0.1) is 18.1 Å². The minimum atomic E-state index is -0.0867. The molecule has 0 spiro atoms. The molecule has 1 atom stereocenters. The van der Waals surface area contributed by atoms with Gasteiger partial charge in [0.15, 0.2) is 0 Å². The van der Waals surface area contributed by atoms with Crippen molar-refractivity contribution in [1.29, 1.82) is 0 Å². The summed E-state index contributed by atoms with van der Waals surface area (Å²) in [6.45, 7) is 7.34. The van der Waals surface area contributed by atoms with Crippen LogP contribution in [-0.4, -0.2) is 25.3 Å². The van der Waals surface area contributed by atoms with Gasteiger partial charge >= 0.3 is 0 Å². The van der Waals surface area contributed by atoms with E-state index in [4.69, 9.17) is 9.15 Å². The molecule has 1 N–H and O–H groups in total. The van der Waals surface area contributed by atoms with Gasteiger partial charge in [0.2, 0.25) is 0 Å². The van der Waals surface area contributed by atoms with Crippen LogP contribution in [0.3, 0.4) is 0 Å². The molecule has 0 aliphatic heterocycles. The number of rotatable bonds is 7. The molecule has 1 heterocycles. The van der Waals surface area contributed by atoms with Crippen molar-refractivity contribution in [3.63, 3.8) is 0 Å². The molecule has 0 bridgehead atoms. The van der Waals surface area contributed by atoms with Crippen molar-refractivity contribution in [1.82, 2.24) is 5.32 Å². The maximum absolute atomic E-state index is 5.47. The van der Waals surface area contributed by atoms with Crippen molar-refractivity contribution in [3.8, 4) is 0 Å². The number of nitrogens with one attached hydrogen (secondary N) is 1. The second kappa shape index (κ2) is 6.06. The first-order valence-corrected chi connectivity index (χ1v) is 5.87. The highest BCUT2D eigenvalue weighted by molar-refractivity contribution is 5.07. The molecule has 1 aromatic rings. The van der Waals surface area contributed by atoms with Gasteiger partial charge in [-0.15, -0.1) is 0 Å². The van der Waals surface area contributed by atoms with E-state index in [9.17, 15) is 0 Å². The third-order valence-electron chi connectivity index (χ3n) is 2.85. The van der Waals surface area contributed by atoms with Crippen LogP contribution in [0.2, 0.25) is 0 Å². The van der Waals surface area contributed by atoms with E-state index in [1.165, 1.54) is 5.56 Å². The number of ether oxygens (including phenoxy) is 1. The van der Waals surface area contributed by atoms with Gasteiger partial charge in [-0.3, -0.25) is 0 Å². The average Bonchev–Trinajstić information content (AvgIpc) is 2.70. The van der Waals surface area contributed by atoms with E-state index in [-0.39, 0.29) is 5.60 Å². The Bertz CT molecular complexity index is 280. The van der Waals surface area contributed by atoms with Crippen molar-refractivity contribution >= 4 is 0 Å². The van der Waals surface area contributed by atoms with Crippen LogP contribution in [-0.2, 0) is 11.2 Å². The Balaban J connectivity index is 2.54. The molecule has 3 heteroatoms. The molecular formula is C13H23NO2. The van der Waals surface area contributed by atoms with Crippen molar-refractivity contribution in [3.05, 3.63) is 24.2 Å². The Morgan fingerprint density at radius 2 is 2.25 bits per heavy atom. The number of furan rings is 1. The lowest BCUT2D eigenvalue weighted by atomic mass is 9.95. The van der Waals surface area contributed by atoms with Crippen LogP contribution in [0.4, 0.5) is 0 Å². The summed E-state index contributed by atoms with van der Waals surface area (Å²) in [5, 5.41) is 3.49. The predicted molar refractivity (Wildman–Crippen MR) is 65.6 cm³/mol. The van der Waals surface area contributed by atoms with E-state index in [1.54, 1.807) is 13.4 Å². The van der Waals surface area contributed by atoms with Crippen LogP contribution in [0.1, 0.15) is 32.8 Å². The maximum Gasteiger partial charge on any atom is 0.0935 e. The van der Waals surface area contributed by atoms with Gasteiger partial charge in [-0.05, 0) is 44.9 Å². The van der Waals surface area contributed by atoms with Gasteiger partial charge in [-0.25, -0.2) is 0 Å². The monoisotopic (exact) mass is 225 g/mol. The fraction of sp³-hybridized carbons (Fsp3) is 0.692. The topological polar surface area (TPSA) is 34.4 Å². The molecule has 1 unspecified atom stereocenters. The largest absolute Gasteiger partial charge is 0.472 e. The number of hydrogen-bond donors (Lipinski definition) is 1. The quantitative estimate of drug-likeness (QED) is 0.774. The summed E-state index contributed by atoms with van der Waals surface area (Å²) in [5.41, 5.74) is 1.15. The van der Waals surface area contributed by atoms with Gasteiger partial charge in [-0.2, -0.15) is 0 Å². The van der Waals surface area contributed by atoms with E-state index in [2.05, 4.69) is 26.1 Å². The lowest BCUT2D eigenvalue weighted by molar-refractivity contribution is 0.00725. The fourth-order valence-electron chi connectivity index (χ4n) is 1.88. The molecule has 16 heavy (non-hydrogen) atoms. The Morgan fingerprint density at radius 1 is 1.50 bits per heavy atom. The Kier molecular flexibility index (Phi) is 5.03. The van der Waals surface area contributed by atoms with Crippen LogP contribution in [0.25, 0.3) is 0 Å². The smallest absolute Gasteiger partial charge is 0.0935 e. The average molecular weight is 225 g/mol. The second-order valence-electron chi connectivity index (χ2n) is 4.76. The molecule has 1 rings (SSSR count). The lowest BCUT2D eigenvalue weighted by Crippen LogP contribution is -2.38. The molecule has 0 saturated carbocycles. The zero-order valence-corrected chi connectivity index (χ0v) is 10.7. The summed E-state index contributed by atoms with van der Waals surface area (Å²) >= 11 is 0. The van der Waals surface area contributed by atoms with E-state index in [0.29, 0.717) is 6.04 Å². The molecule has 0 radical (unpaired) electrons. The summed E-state index contributed by atoms with van der Waals surface area (Å²) in [4.78, 5) is 0.